The minimum absolute atomic E-state index is 0.00575. The van der Waals surface area contributed by atoms with E-state index in [-0.39, 0.29) is 17.0 Å². The van der Waals surface area contributed by atoms with E-state index < -0.39 is 49.9 Å². The number of nitro groups is 1. The van der Waals surface area contributed by atoms with Gasteiger partial charge in [-0.1, -0.05) is 18.2 Å². The average molecular weight is 474 g/mol. The smallest absolute Gasteiger partial charge is 0.339 e. The summed E-state index contributed by atoms with van der Waals surface area (Å²) in [6.45, 7) is -0.674. The quantitative estimate of drug-likeness (QED) is 0.227. The Hall–Kier alpha value is -4.32. The first-order chi connectivity index (χ1) is 15.7. The third-order valence-electron chi connectivity index (χ3n) is 4.10. The minimum Gasteiger partial charge on any atom is -0.452 e. The van der Waals surface area contributed by atoms with Gasteiger partial charge in [0.1, 0.15) is 16.5 Å². The van der Waals surface area contributed by atoms with Gasteiger partial charge in [0.25, 0.3) is 11.6 Å². The molecule has 0 atom stereocenters. The van der Waals surface area contributed by atoms with Crippen LogP contribution in [-0.4, -0.2) is 31.8 Å². The zero-order valence-corrected chi connectivity index (χ0v) is 17.5. The van der Waals surface area contributed by atoms with Gasteiger partial charge in [-0.25, -0.2) is 9.18 Å². The lowest BCUT2D eigenvalue weighted by Crippen LogP contribution is -2.21. The maximum atomic E-state index is 13.5. The number of amides is 1. The molecule has 0 aromatic heterocycles. The molecule has 0 fully saturated rings. The van der Waals surface area contributed by atoms with Gasteiger partial charge in [0.2, 0.25) is 0 Å². The highest BCUT2D eigenvalue weighted by Crippen LogP contribution is 2.22. The van der Waals surface area contributed by atoms with E-state index in [9.17, 15) is 32.5 Å². The van der Waals surface area contributed by atoms with Crippen LogP contribution in [-0.2, 0) is 19.6 Å². The Balaban J connectivity index is 1.59. The number of nitro benzene ring substituents is 1. The van der Waals surface area contributed by atoms with Gasteiger partial charge < -0.3 is 14.2 Å². The van der Waals surface area contributed by atoms with E-state index in [2.05, 4.69) is 5.32 Å². The summed E-state index contributed by atoms with van der Waals surface area (Å²) in [5, 5.41) is 13.1. The number of non-ortho nitro benzene ring substituents is 1. The number of nitrogens with one attached hydrogen (secondary N) is 1. The van der Waals surface area contributed by atoms with Crippen LogP contribution < -0.4 is 9.50 Å². The Bertz CT molecular complexity index is 1310. The summed E-state index contributed by atoms with van der Waals surface area (Å²) in [4.78, 5) is 33.6. The van der Waals surface area contributed by atoms with Crippen molar-refractivity contribution in [1.82, 2.24) is 0 Å². The number of ether oxygens (including phenoxy) is 1. The monoisotopic (exact) mass is 474 g/mol. The predicted octanol–water partition coefficient (Wildman–Crippen LogP) is 3.30. The van der Waals surface area contributed by atoms with Crippen LogP contribution in [0.3, 0.4) is 0 Å². The highest BCUT2D eigenvalue weighted by Gasteiger charge is 2.20. The Labute approximate surface area is 186 Å². The fraction of sp³-hybridized carbons (Fsp3) is 0.0476. The fourth-order valence-electron chi connectivity index (χ4n) is 2.54. The van der Waals surface area contributed by atoms with Crippen LogP contribution in [0, 0.1) is 15.9 Å². The van der Waals surface area contributed by atoms with E-state index in [0.29, 0.717) is 0 Å². The molecule has 0 aliphatic heterocycles. The number of hydrogen-bond acceptors (Lipinski definition) is 8. The lowest BCUT2D eigenvalue weighted by Gasteiger charge is -2.09. The molecule has 0 radical (unpaired) electrons. The second-order valence-corrected chi connectivity index (χ2v) is 7.97. The molecule has 0 aliphatic carbocycles. The molecule has 3 aromatic rings. The Morgan fingerprint density at radius 3 is 2.36 bits per heavy atom. The number of anilines is 1. The molecular weight excluding hydrogens is 459 g/mol. The van der Waals surface area contributed by atoms with E-state index in [4.69, 9.17) is 8.92 Å². The van der Waals surface area contributed by atoms with E-state index >= 15 is 0 Å². The molecule has 10 nitrogen and oxygen atoms in total. The molecule has 0 heterocycles. The number of benzene rings is 3. The van der Waals surface area contributed by atoms with Crippen molar-refractivity contribution in [3.8, 4) is 5.75 Å². The molecule has 1 N–H and O–H groups in total. The van der Waals surface area contributed by atoms with Gasteiger partial charge in [-0.2, -0.15) is 8.42 Å². The van der Waals surface area contributed by atoms with Gasteiger partial charge in [-0.05, 0) is 42.5 Å². The van der Waals surface area contributed by atoms with Crippen LogP contribution in [0.4, 0.5) is 15.8 Å². The summed E-state index contributed by atoms with van der Waals surface area (Å²) < 4.78 is 48.0. The molecule has 0 unspecified atom stereocenters. The van der Waals surface area contributed by atoms with Crippen LogP contribution in [0.1, 0.15) is 10.4 Å². The van der Waals surface area contributed by atoms with E-state index in [0.717, 1.165) is 24.3 Å². The van der Waals surface area contributed by atoms with Crippen LogP contribution >= 0.6 is 0 Å². The lowest BCUT2D eigenvalue weighted by atomic mass is 10.2. The summed E-state index contributed by atoms with van der Waals surface area (Å²) in [7, 11) is -4.36. The predicted molar refractivity (Wildman–Crippen MR) is 113 cm³/mol. The summed E-state index contributed by atoms with van der Waals surface area (Å²) >= 11 is 0. The topological polar surface area (TPSA) is 142 Å². The van der Waals surface area contributed by atoms with Gasteiger partial charge in [0, 0.05) is 12.1 Å². The van der Waals surface area contributed by atoms with Crippen LogP contribution in [0.5, 0.6) is 5.75 Å². The first kappa shape index (κ1) is 23.3. The van der Waals surface area contributed by atoms with Gasteiger partial charge in [-0.15, -0.1) is 0 Å². The number of nitrogens with zero attached hydrogens (tertiary/aromatic N) is 1. The summed E-state index contributed by atoms with van der Waals surface area (Å²) in [5.74, 6) is -2.44. The van der Waals surface area contributed by atoms with Crippen molar-refractivity contribution in [1.29, 1.82) is 0 Å². The number of halogens is 1. The normalized spacial score (nSPS) is 10.8. The molecule has 33 heavy (non-hydrogen) atoms. The molecule has 12 heteroatoms. The maximum Gasteiger partial charge on any atom is 0.339 e. The zero-order valence-electron chi connectivity index (χ0n) is 16.6. The Kier molecular flexibility index (Phi) is 6.98. The number of rotatable bonds is 8. The first-order valence-electron chi connectivity index (χ1n) is 9.16. The van der Waals surface area contributed by atoms with Gasteiger partial charge >= 0.3 is 16.1 Å². The van der Waals surface area contributed by atoms with E-state index in [1.54, 1.807) is 0 Å². The Morgan fingerprint density at radius 2 is 1.70 bits per heavy atom. The molecule has 0 spiro atoms. The van der Waals surface area contributed by atoms with E-state index in [1.807, 2.05) is 0 Å². The number of carbonyl (C=O) groups excluding carboxylic acids is 2. The first-order valence-corrected chi connectivity index (χ1v) is 10.6. The standard InChI is InChI=1S/C21H15FN2O8S/c22-18-6-1-2-7-19(18)23-20(25)13-31-21(26)14-8-10-16(11-9-14)32-33(29,30)17-5-3-4-15(12-17)24(27)28/h1-12H,13H2,(H,23,25). The Morgan fingerprint density at radius 1 is 1.00 bits per heavy atom. The number of esters is 1. The van der Waals surface area contributed by atoms with Crippen molar-refractivity contribution in [3.63, 3.8) is 0 Å². The fourth-order valence-corrected chi connectivity index (χ4v) is 3.51. The number of hydrogen-bond donors (Lipinski definition) is 1. The average Bonchev–Trinajstić information content (AvgIpc) is 2.79. The summed E-state index contributed by atoms with van der Waals surface area (Å²) in [6, 6.07) is 14.6. The second kappa shape index (κ2) is 9.87. The van der Waals surface area contributed by atoms with Gasteiger partial charge in [0.05, 0.1) is 16.2 Å². The van der Waals surface area contributed by atoms with Crippen molar-refractivity contribution in [2.75, 3.05) is 11.9 Å². The van der Waals surface area contributed by atoms with Crippen molar-refractivity contribution in [2.45, 2.75) is 4.90 Å². The second-order valence-electron chi connectivity index (χ2n) is 6.42. The van der Waals surface area contributed by atoms with Gasteiger partial charge in [0.15, 0.2) is 6.61 Å². The molecule has 3 rings (SSSR count). The summed E-state index contributed by atoms with van der Waals surface area (Å²) in [6.07, 6.45) is 0. The highest BCUT2D eigenvalue weighted by atomic mass is 32.2. The van der Waals surface area contributed by atoms with Crippen molar-refractivity contribution < 1.29 is 36.2 Å². The van der Waals surface area contributed by atoms with Crippen molar-refractivity contribution in [2.24, 2.45) is 0 Å². The third-order valence-corrected chi connectivity index (χ3v) is 5.34. The summed E-state index contributed by atoms with van der Waals surface area (Å²) in [5.41, 5.74) is -0.490. The molecule has 0 bridgehead atoms. The van der Waals surface area contributed by atoms with Crippen molar-refractivity contribution >= 4 is 33.4 Å². The molecule has 0 saturated heterocycles. The largest absolute Gasteiger partial charge is 0.452 e. The number of carbonyl (C=O) groups is 2. The number of para-hydroxylation sites is 1. The van der Waals surface area contributed by atoms with Crippen LogP contribution in [0.2, 0.25) is 0 Å². The molecule has 3 aromatic carbocycles. The zero-order chi connectivity index (χ0) is 24.0. The highest BCUT2D eigenvalue weighted by molar-refractivity contribution is 7.87. The van der Waals surface area contributed by atoms with Crippen molar-refractivity contribution in [3.05, 3.63) is 94.3 Å². The molecule has 1 amide bonds. The molecule has 0 saturated carbocycles. The van der Waals surface area contributed by atoms with Crippen LogP contribution in [0.25, 0.3) is 0 Å². The van der Waals surface area contributed by atoms with Crippen LogP contribution in [0.15, 0.2) is 77.7 Å². The molecule has 170 valence electrons. The van der Waals surface area contributed by atoms with E-state index in [1.165, 1.54) is 48.5 Å². The third kappa shape index (κ3) is 6.11. The SMILES string of the molecule is O=C(COC(=O)c1ccc(OS(=O)(=O)c2cccc([N+](=O)[O-])c2)cc1)Nc1ccccc1F. The molecule has 0 aliphatic rings. The maximum absolute atomic E-state index is 13.5. The lowest BCUT2D eigenvalue weighted by molar-refractivity contribution is -0.385. The van der Waals surface area contributed by atoms with Gasteiger partial charge in [-0.3, -0.25) is 14.9 Å². The molecular formula is C21H15FN2O8S. The minimum atomic E-state index is -4.36.